The zero-order valence-electron chi connectivity index (χ0n) is 12.8. The zero-order chi connectivity index (χ0) is 15.2. The highest BCUT2D eigenvalue weighted by molar-refractivity contribution is 9.10. The predicted octanol–water partition coefficient (Wildman–Crippen LogP) is 3.56. The quantitative estimate of drug-likeness (QED) is 0.770. The van der Waals surface area contributed by atoms with Crippen LogP contribution in [0.2, 0.25) is 0 Å². The van der Waals surface area contributed by atoms with Gasteiger partial charge >= 0.3 is 0 Å². The van der Waals surface area contributed by atoms with Gasteiger partial charge in [0.25, 0.3) is 0 Å². The van der Waals surface area contributed by atoms with Crippen LogP contribution in [0.3, 0.4) is 0 Å². The van der Waals surface area contributed by atoms with Crippen molar-refractivity contribution in [3.8, 4) is 0 Å². The number of hydrogen-bond donors (Lipinski definition) is 1. The Balaban J connectivity index is 2.43. The molecular weight excluding hydrogens is 350 g/mol. The number of nitrogens with one attached hydrogen (secondary N) is 1. The van der Waals surface area contributed by atoms with Crippen LogP contribution in [0.25, 0.3) is 0 Å². The van der Waals surface area contributed by atoms with Gasteiger partial charge in [0.1, 0.15) is 0 Å². The van der Waals surface area contributed by atoms with Crippen molar-refractivity contribution in [1.29, 1.82) is 0 Å². The molecule has 0 bridgehead atoms. The third kappa shape index (κ3) is 3.70. The highest BCUT2D eigenvalue weighted by Crippen LogP contribution is 2.32. The Morgan fingerprint density at radius 3 is 2.81 bits per heavy atom. The van der Waals surface area contributed by atoms with Crippen molar-refractivity contribution in [2.24, 2.45) is 0 Å². The van der Waals surface area contributed by atoms with Gasteiger partial charge in [0.15, 0.2) is 0 Å². The van der Waals surface area contributed by atoms with Crippen LogP contribution in [0.5, 0.6) is 0 Å². The first-order chi connectivity index (χ1) is 10.2. The average molecular weight is 372 g/mol. The van der Waals surface area contributed by atoms with E-state index < -0.39 is 0 Å². The highest BCUT2D eigenvalue weighted by atomic mass is 79.9. The lowest BCUT2D eigenvalue weighted by Gasteiger charge is -2.20. The smallest absolute Gasteiger partial charge is 0.0888 e. The van der Waals surface area contributed by atoms with Crippen molar-refractivity contribution in [3.05, 3.63) is 26.9 Å². The Labute approximate surface area is 138 Å². The van der Waals surface area contributed by atoms with Gasteiger partial charge in [-0.2, -0.15) is 5.10 Å². The fourth-order valence-corrected chi connectivity index (χ4v) is 3.67. The summed E-state index contributed by atoms with van der Waals surface area (Å²) in [6, 6.07) is 0.100. The number of hydrogen-bond acceptors (Lipinski definition) is 5. The minimum atomic E-state index is 0.100. The molecule has 7 heteroatoms. The van der Waals surface area contributed by atoms with Crippen LogP contribution in [-0.2, 0) is 13.0 Å². The molecule has 0 radical (unpaired) electrons. The van der Waals surface area contributed by atoms with E-state index in [1.807, 2.05) is 6.20 Å². The van der Waals surface area contributed by atoms with Crippen molar-refractivity contribution in [1.82, 2.24) is 24.7 Å². The Hall–Kier alpha value is -0.790. The van der Waals surface area contributed by atoms with Gasteiger partial charge in [-0.25, -0.2) is 0 Å². The first kappa shape index (κ1) is 16.6. The first-order valence-electron chi connectivity index (χ1n) is 7.48. The molecular formula is C14H22BrN5S. The molecule has 0 amide bonds. The maximum absolute atomic E-state index is 4.49. The van der Waals surface area contributed by atoms with E-state index >= 15 is 0 Å². The van der Waals surface area contributed by atoms with E-state index in [0.717, 1.165) is 42.5 Å². The van der Waals surface area contributed by atoms with E-state index in [4.69, 9.17) is 0 Å². The van der Waals surface area contributed by atoms with E-state index in [2.05, 4.69) is 61.4 Å². The first-order valence-corrected chi connectivity index (χ1v) is 9.05. The van der Waals surface area contributed by atoms with E-state index in [-0.39, 0.29) is 6.04 Å². The topological polar surface area (TPSA) is 55.6 Å². The summed E-state index contributed by atoms with van der Waals surface area (Å²) in [5, 5.41) is 12.4. The molecule has 116 valence electrons. The molecule has 0 aliphatic rings. The second-order valence-corrected chi connectivity index (χ2v) is 6.57. The van der Waals surface area contributed by atoms with Gasteiger partial charge in [-0.05, 0) is 53.3 Å². The molecule has 1 atom stereocenters. The summed E-state index contributed by atoms with van der Waals surface area (Å²) in [5.74, 6) is 0. The lowest BCUT2D eigenvalue weighted by atomic mass is 10.1. The molecule has 0 saturated carbocycles. The molecule has 2 rings (SSSR count). The second kappa shape index (κ2) is 8.00. The third-order valence-electron chi connectivity index (χ3n) is 3.32. The molecule has 2 heterocycles. The van der Waals surface area contributed by atoms with Gasteiger partial charge in [-0.15, -0.1) is 5.10 Å². The molecule has 1 N–H and O–H groups in total. The predicted molar refractivity (Wildman–Crippen MR) is 89.6 cm³/mol. The molecule has 0 aromatic carbocycles. The minimum absolute atomic E-state index is 0.100. The van der Waals surface area contributed by atoms with Gasteiger partial charge < -0.3 is 5.32 Å². The molecule has 0 aliphatic heterocycles. The zero-order valence-corrected chi connectivity index (χ0v) is 15.2. The van der Waals surface area contributed by atoms with E-state index in [1.165, 1.54) is 22.1 Å². The van der Waals surface area contributed by atoms with Crippen molar-refractivity contribution < 1.29 is 0 Å². The minimum Gasteiger partial charge on any atom is -0.304 e. The fourth-order valence-electron chi connectivity index (χ4n) is 2.33. The Bertz CT molecular complexity index is 565. The summed E-state index contributed by atoms with van der Waals surface area (Å²) in [4.78, 5) is 1.20. The molecule has 5 nitrogen and oxygen atoms in total. The summed E-state index contributed by atoms with van der Waals surface area (Å²) in [5.41, 5.74) is 2.25. The molecule has 2 aromatic rings. The van der Waals surface area contributed by atoms with Crippen LogP contribution in [0.1, 0.15) is 55.9 Å². The van der Waals surface area contributed by atoms with Crippen LogP contribution >= 0.6 is 27.5 Å². The van der Waals surface area contributed by atoms with Crippen LogP contribution in [0.4, 0.5) is 0 Å². The van der Waals surface area contributed by atoms with Crippen LogP contribution < -0.4 is 5.32 Å². The molecule has 2 aromatic heterocycles. The van der Waals surface area contributed by atoms with Crippen molar-refractivity contribution >= 4 is 27.5 Å². The Kier molecular flexibility index (Phi) is 6.32. The van der Waals surface area contributed by atoms with Crippen LogP contribution in [0.15, 0.2) is 10.7 Å². The summed E-state index contributed by atoms with van der Waals surface area (Å²) in [6.45, 7) is 8.33. The summed E-state index contributed by atoms with van der Waals surface area (Å²) in [7, 11) is 0. The van der Waals surface area contributed by atoms with E-state index in [1.54, 1.807) is 0 Å². The van der Waals surface area contributed by atoms with E-state index in [9.17, 15) is 0 Å². The lowest BCUT2D eigenvalue weighted by Crippen LogP contribution is -2.26. The molecule has 0 spiro atoms. The standard InChI is InChI=1S/C14H22BrN5S/c1-4-7-16-12(14-11(6-3)18-19-21-14)13-10(15)9-17-20(13)8-5-2/h9,12,16H,4-8H2,1-3H3. The van der Waals surface area contributed by atoms with Gasteiger partial charge in [0.05, 0.1) is 33.0 Å². The molecule has 0 saturated heterocycles. The van der Waals surface area contributed by atoms with Crippen molar-refractivity contribution in [3.63, 3.8) is 0 Å². The Morgan fingerprint density at radius 1 is 1.33 bits per heavy atom. The SMILES string of the molecule is CCCNC(c1snnc1CC)c1c(Br)cnn1CCC. The second-order valence-electron chi connectivity index (χ2n) is 4.93. The number of rotatable bonds is 8. The van der Waals surface area contributed by atoms with Crippen LogP contribution in [0, 0.1) is 0 Å². The van der Waals surface area contributed by atoms with Gasteiger partial charge in [0, 0.05) is 6.54 Å². The number of aromatic nitrogens is 4. The summed E-state index contributed by atoms with van der Waals surface area (Å²) < 4.78 is 7.27. The number of nitrogens with zero attached hydrogens (tertiary/aromatic N) is 4. The van der Waals surface area contributed by atoms with Gasteiger partial charge in [0.2, 0.25) is 0 Å². The monoisotopic (exact) mass is 371 g/mol. The van der Waals surface area contributed by atoms with Gasteiger partial charge in [-0.1, -0.05) is 25.3 Å². The highest BCUT2D eigenvalue weighted by Gasteiger charge is 2.25. The molecule has 21 heavy (non-hydrogen) atoms. The van der Waals surface area contributed by atoms with Crippen molar-refractivity contribution in [2.75, 3.05) is 6.54 Å². The van der Waals surface area contributed by atoms with Gasteiger partial charge in [-0.3, -0.25) is 4.68 Å². The number of aryl methyl sites for hydroxylation is 2. The van der Waals surface area contributed by atoms with Crippen molar-refractivity contribution in [2.45, 2.75) is 52.6 Å². The maximum atomic E-state index is 4.49. The third-order valence-corrected chi connectivity index (χ3v) is 4.77. The summed E-state index contributed by atoms with van der Waals surface area (Å²) in [6.07, 6.45) is 4.92. The van der Waals surface area contributed by atoms with Crippen LogP contribution in [-0.4, -0.2) is 25.9 Å². The maximum Gasteiger partial charge on any atom is 0.0888 e. The molecule has 1 unspecified atom stereocenters. The summed E-state index contributed by atoms with van der Waals surface area (Å²) >= 11 is 5.13. The Morgan fingerprint density at radius 2 is 2.14 bits per heavy atom. The largest absolute Gasteiger partial charge is 0.304 e. The lowest BCUT2D eigenvalue weighted by molar-refractivity contribution is 0.512. The normalized spacial score (nSPS) is 12.8. The average Bonchev–Trinajstić information content (AvgIpc) is 3.09. The fraction of sp³-hybridized carbons (Fsp3) is 0.643. The van der Waals surface area contributed by atoms with E-state index in [0.29, 0.717) is 0 Å². The molecule has 0 fully saturated rings. The number of halogens is 1. The molecule has 0 aliphatic carbocycles.